The van der Waals surface area contributed by atoms with Gasteiger partial charge in [-0.05, 0) is 6.07 Å². The van der Waals surface area contributed by atoms with Gasteiger partial charge in [0.15, 0.2) is 0 Å². The molecule has 0 fully saturated rings. The Morgan fingerprint density at radius 3 is 2.73 bits per heavy atom. The van der Waals surface area contributed by atoms with Crippen molar-refractivity contribution >= 4 is 0 Å². The zero-order valence-corrected chi connectivity index (χ0v) is 7.74. The van der Waals surface area contributed by atoms with Crippen molar-refractivity contribution in [3.8, 4) is 11.8 Å². The first-order valence-electron chi connectivity index (χ1n) is 4.17. The lowest BCUT2D eigenvalue weighted by Gasteiger charge is -2.08. The smallest absolute Gasteiger partial charge is 0.267 e. The molecular formula is C9H9F2N3O. The molecule has 0 aliphatic heterocycles. The number of nitriles is 1. The van der Waals surface area contributed by atoms with Gasteiger partial charge in [0.05, 0.1) is 29.4 Å². The fourth-order valence-corrected chi connectivity index (χ4v) is 1.15. The normalized spacial score (nSPS) is 10.3. The third-order valence-corrected chi connectivity index (χ3v) is 1.84. The van der Waals surface area contributed by atoms with E-state index in [2.05, 4.69) is 4.98 Å². The average Bonchev–Trinajstić information content (AvgIpc) is 2.20. The fourth-order valence-electron chi connectivity index (χ4n) is 1.15. The van der Waals surface area contributed by atoms with Gasteiger partial charge in [0, 0.05) is 6.54 Å². The monoisotopic (exact) mass is 213 g/mol. The zero-order chi connectivity index (χ0) is 11.4. The Labute approximate surface area is 85.0 Å². The van der Waals surface area contributed by atoms with Gasteiger partial charge in [-0.1, -0.05) is 0 Å². The summed E-state index contributed by atoms with van der Waals surface area (Å²) in [5.74, 6) is -0.589. The molecule has 0 bridgehead atoms. The van der Waals surface area contributed by atoms with Crippen LogP contribution in [-0.2, 0) is 13.0 Å². The van der Waals surface area contributed by atoms with Crippen LogP contribution >= 0.6 is 0 Å². The first-order valence-corrected chi connectivity index (χ1v) is 4.17. The topological polar surface area (TPSA) is 82.9 Å². The first kappa shape index (κ1) is 11.3. The van der Waals surface area contributed by atoms with Crippen LogP contribution in [0.25, 0.3) is 0 Å². The second-order valence-corrected chi connectivity index (χ2v) is 2.84. The maximum atomic E-state index is 12.5. The van der Waals surface area contributed by atoms with E-state index in [4.69, 9.17) is 11.0 Å². The highest BCUT2D eigenvalue weighted by Crippen LogP contribution is 2.30. The number of hydrogen-bond acceptors (Lipinski definition) is 4. The van der Waals surface area contributed by atoms with Crippen molar-refractivity contribution in [3.63, 3.8) is 0 Å². The van der Waals surface area contributed by atoms with E-state index in [1.807, 2.05) is 0 Å². The largest absolute Gasteiger partial charge is 0.505 e. The Bertz CT molecular complexity index is 401. The molecule has 0 atom stereocenters. The maximum absolute atomic E-state index is 12.5. The SMILES string of the molecule is N#CCc1cc(C(F)F)c(O)c(CN)n1. The molecule has 1 rings (SSSR count). The molecule has 1 aromatic rings. The number of aromatic hydroxyl groups is 1. The van der Waals surface area contributed by atoms with Gasteiger partial charge in [-0.25, -0.2) is 8.78 Å². The van der Waals surface area contributed by atoms with Crippen LogP contribution in [0, 0.1) is 11.3 Å². The van der Waals surface area contributed by atoms with Crippen molar-refractivity contribution in [2.24, 2.45) is 5.73 Å². The lowest BCUT2D eigenvalue weighted by Crippen LogP contribution is -2.05. The Hall–Kier alpha value is -1.74. The number of hydrogen-bond donors (Lipinski definition) is 2. The van der Waals surface area contributed by atoms with Gasteiger partial charge >= 0.3 is 0 Å². The molecule has 6 heteroatoms. The van der Waals surface area contributed by atoms with E-state index in [1.54, 1.807) is 6.07 Å². The maximum Gasteiger partial charge on any atom is 0.267 e. The van der Waals surface area contributed by atoms with E-state index in [0.29, 0.717) is 0 Å². The number of nitrogens with zero attached hydrogens (tertiary/aromatic N) is 2. The number of rotatable bonds is 3. The van der Waals surface area contributed by atoms with Gasteiger partial charge in [-0.3, -0.25) is 4.98 Å². The highest BCUT2D eigenvalue weighted by atomic mass is 19.3. The Morgan fingerprint density at radius 1 is 1.60 bits per heavy atom. The van der Waals surface area contributed by atoms with Crippen LogP contribution in [0.1, 0.15) is 23.4 Å². The summed E-state index contributed by atoms with van der Waals surface area (Å²) in [6, 6.07) is 2.81. The van der Waals surface area contributed by atoms with Crippen LogP contribution in [0.5, 0.6) is 5.75 Å². The second-order valence-electron chi connectivity index (χ2n) is 2.84. The van der Waals surface area contributed by atoms with Crippen molar-refractivity contribution in [2.75, 3.05) is 0 Å². The van der Waals surface area contributed by atoms with Crippen molar-refractivity contribution in [1.29, 1.82) is 5.26 Å². The van der Waals surface area contributed by atoms with E-state index in [1.165, 1.54) is 0 Å². The molecule has 15 heavy (non-hydrogen) atoms. The minimum absolute atomic E-state index is 0.0157. The molecule has 0 unspecified atom stereocenters. The van der Waals surface area contributed by atoms with E-state index in [9.17, 15) is 13.9 Å². The number of nitrogens with two attached hydrogens (primary N) is 1. The molecule has 1 aromatic heterocycles. The summed E-state index contributed by atoms with van der Waals surface area (Å²) in [6.45, 7) is -0.148. The summed E-state index contributed by atoms with van der Waals surface area (Å²) in [6.07, 6.45) is -2.90. The molecule has 4 nitrogen and oxygen atoms in total. The summed E-state index contributed by atoms with van der Waals surface area (Å²) in [5, 5.41) is 17.8. The lowest BCUT2D eigenvalue weighted by atomic mass is 10.1. The minimum atomic E-state index is -2.81. The van der Waals surface area contributed by atoms with Crippen LogP contribution < -0.4 is 5.73 Å². The molecule has 0 aromatic carbocycles. The van der Waals surface area contributed by atoms with E-state index >= 15 is 0 Å². The molecule has 0 radical (unpaired) electrons. The number of halogens is 2. The van der Waals surface area contributed by atoms with E-state index in [0.717, 1.165) is 6.07 Å². The minimum Gasteiger partial charge on any atom is -0.505 e. The zero-order valence-electron chi connectivity index (χ0n) is 7.74. The molecule has 0 spiro atoms. The molecule has 0 saturated carbocycles. The van der Waals surface area contributed by atoms with Crippen LogP contribution in [0.15, 0.2) is 6.07 Å². The van der Waals surface area contributed by atoms with Crippen LogP contribution in [0.3, 0.4) is 0 Å². The standard InChI is InChI=1S/C9H9F2N3O/c10-9(11)6-3-5(1-2-12)14-7(4-13)8(6)15/h3,9,15H,1,4,13H2. The predicted molar refractivity (Wildman–Crippen MR) is 48.1 cm³/mol. The van der Waals surface area contributed by atoms with Gasteiger partial charge in [0.1, 0.15) is 5.75 Å². The third-order valence-electron chi connectivity index (χ3n) is 1.84. The molecule has 3 N–H and O–H groups in total. The van der Waals surface area contributed by atoms with Crippen LogP contribution in [0.2, 0.25) is 0 Å². The Balaban J connectivity index is 3.26. The van der Waals surface area contributed by atoms with Gasteiger partial charge in [0.2, 0.25) is 0 Å². The lowest BCUT2D eigenvalue weighted by molar-refractivity contribution is 0.147. The van der Waals surface area contributed by atoms with Gasteiger partial charge in [-0.2, -0.15) is 5.26 Å². The first-order chi connectivity index (χ1) is 7.10. The van der Waals surface area contributed by atoms with Crippen molar-refractivity contribution < 1.29 is 13.9 Å². The fraction of sp³-hybridized carbons (Fsp3) is 0.333. The van der Waals surface area contributed by atoms with Crippen molar-refractivity contribution in [2.45, 2.75) is 19.4 Å². The second kappa shape index (κ2) is 4.66. The van der Waals surface area contributed by atoms with Gasteiger partial charge in [-0.15, -0.1) is 0 Å². The number of aromatic nitrogens is 1. The van der Waals surface area contributed by atoms with Crippen molar-refractivity contribution in [1.82, 2.24) is 4.98 Å². The molecule has 0 amide bonds. The van der Waals surface area contributed by atoms with E-state index < -0.39 is 17.7 Å². The molecule has 0 saturated heterocycles. The number of alkyl halides is 2. The van der Waals surface area contributed by atoms with Crippen LogP contribution in [0.4, 0.5) is 8.78 Å². The Morgan fingerprint density at radius 2 is 2.27 bits per heavy atom. The highest BCUT2D eigenvalue weighted by molar-refractivity contribution is 5.39. The summed E-state index contributed by atoms with van der Waals surface area (Å²) in [4.78, 5) is 3.79. The van der Waals surface area contributed by atoms with Gasteiger partial charge < -0.3 is 10.8 Å². The van der Waals surface area contributed by atoms with E-state index in [-0.39, 0.29) is 24.4 Å². The summed E-state index contributed by atoms with van der Waals surface area (Å²) < 4.78 is 24.9. The molecular weight excluding hydrogens is 204 g/mol. The van der Waals surface area contributed by atoms with Crippen LogP contribution in [-0.4, -0.2) is 10.1 Å². The third kappa shape index (κ3) is 2.39. The molecule has 1 heterocycles. The average molecular weight is 213 g/mol. The molecule has 80 valence electrons. The highest BCUT2D eigenvalue weighted by Gasteiger charge is 2.17. The Kier molecular flexibility index (Phi) is 3.52. The van der Waals surface area contributed by atoms with Crippen molar-refractivity contribution in [3.05, 3.63) is 23.0 Å². The summed E-state index contributed by atoms with van der Waals surface area (Å²) in [7, 11) is 0. The molecule has 0 aliphatic carbocycles. The number of pyridine rings is 1. The summed E-state index contributed by atoms with van der Waals surface area (Å²) in [5.41, 5.74) is 4.87. The predicted octanol–water partition coefficient (Wildman–Crippen LogP) is 1.25. The summed E-state index contributed by atoms with van der Waals surface area (Å²) >= 11 is 0. The molecule has 0 aliphatic rings. The van der Waals surface area contributed by atoms with Gasteiger partial charge in [0.25, 0.3) is 6.43 Å². The quantitative estimate of drug-likeness (QED) is 0.791.